The number of carbonyl (C=O) groups excluding carboxylic acids is 1. The maximum absolute atomic E-state index is 14.5. The van der Waals surface area contributed by atoms with Gasteiger partial charge in [0.2, 0.25) is 0 Å². The molecular weight excluding hydrogens is 422 g/mol. The first-order valence-corrected chi connectivity index (χ1v) is 8.79. The Labute approximate surface area is 154 Å². The fraction of sp³-hybridized carbons (Fsp3) is 0.400. The average molecular weight is 434 g/mol. The molecule has 2 aromatic rings. The highest BCUT2D eigenvalue weighted by Gasteiger charge is 2.49. The Morgan fingerprint density at radius 1 is 1.40 bits per heavy atom. The van der Waals surface area contributed by atoms with Crippen molar-refractivity contribution in [3.05, 3.63) is 27.5 Å². The number of amides is 1. The van der Waals surface area contributed by atoms with Crippen molar-refractivity contribution < 1.29 is 18.3 Å². The van der Waals surface area contributed by atoms with E-state index in [2.05, 4.69) is 25.9 Å². The molecule has 2 N–H and O–H groups in total. The Balaban J connectivity index is 1.86. The van der Waals surface area contributed by atoms with Gasteiger partial charge in [0.05, 0.1) is 15.5 Å². The van der Waals surface area contributed by atoms with Crippen LogP contribution in [0.15, 0.2) is 10.5 Å². The average Bonchev–Trinajstić information content (AvgIpc) is 3.10. The van der Waals surface area contributed by atoms with Gasteiger partial charge >= 0.3 is 12.2 Å². The summed E-state index contributed by atoms with van der Waals surface area (Å²) >= 11 is 9.09. The predicted molar refractivity (Wildman–Crippen MR) is 90.5 cm³/mol. The van der Waals surface area contributed by atoms with Crippen molar-refractivity contribution in [3.8, 4) is 0 Å². The van der Waals surface area contributed by atoms with E-state index in [1.54, 1.807) is 0 Å². The fourth-order valence-corrected chi connectivity index (χ4v) is 4.36. The van der Waals surface area contributed by atoms with Crippen LogP contribution in [0.3, 0.4) is 0 Å². The number of rotatable bonds is 2. The second kappa shape index (κ2) is 5.91. The van der Waals surface area contributed by atoms with Gasteiger partial charge in [-0.1, -0.05) is 11.6 Å². The molecule has 1 amide bonds. The van der Waals surface area contributed by atoms with Crippen LogP contribution in [0.4, 0.5) is 19.4 Å². The molecule has 2 saturated heterocycles. The number of nitrogens with zero attached hydrogens (tertiary/aromatic N) is 3. The second-order valence-corrected chi connectivity index (χ2v) is 7.32. The molecule has 0 saturated carbocycles. The van der Waals surface area contributed by atoms with Gasteiger partial charge in [-0.25, -0.2) is 9.18 Å². The van der Waals surface area contributed by atoms with E-state index in [-0.39, 0.29) is 32.9 Å². The normalized spacial score (nSPS) is 25.0. The number of fused-ring (bicyclic) bond motifs is 3. The summed E-state index contributed by atoms with van der Waals surface area (Å²) in [7, 11) is 0. The van der Waals surface area contributed by atoms with Gasteiger partial charge < -0.3 is 15.4 Å². The Bertz CT molecular complexity index is 900. The van der Waals surface area contributed by atoms with Gasteiger partial charge in [-0.3, -0.25) is 0 Å². The molecule has 0 aliphatic carbocycles. The van der Waals surface area contributed by atoms with Crippen LogP contribution in [0.5, 0.6) is 0 Å². The highest BCUT2D eigenvalue weighted by atomic mass is 79.9. The summed E-state index contributed by atoms with van der Waals surface area (Å²) < 4.78 is 33.6. The highest BCUT2D eigenvalue weighted by molar-refractivity contribution is 9.10. The van der Waals surface area contributed by atoms with Crippen LogP contribution in [0, 0.1) is 11.9 Å². The second-order valence-electron chi connectivity index (χ2n) is 6.12. The minimum atomic E-state index is -1.03. The SMILES string of the molecule is NC(=O)OC1CC2CCC1N2c1nc(F)nc2c(F)c(Br)c(Cl)cc12. The number of primary amides is 1. The van der Waals surface area contributed by atoms with Crippen molar-refractivity contribution in [2.75, 3.05) is 4.90 Å². The number of nitrogens with two attached hydrogens (primary N) is 1. The minimum absolute atomic E-state index is 0.00247. The molecule has 1 aromatic heterocycles. The molecule has 0 radical (unpaired) electrons. The van der Waals surface area contributed by atoms with Crippen LogP contribution >= 0.6 is 27.5 Å². The molecular formula is C15H12BrClF2N4O2. The van der Waals surface area contributed by atoms with Gasteiger partial charge in [0.1, 0.15) is 17.4 Å². The van der Waals surface area contributed by atoms with Crippen LogP contribution in [0.25, 0.3) is 10.9 Å². The third kappa shape index (κ3) is 2.60. The lowest BCUT2D eigenvalue weighted by Gasteiger charge is -2.26. The zero-order valence-corrected chi connectivity index (χ0v) is 15.0. The lowest BCUT2D eigenvalue weighted by atomic mass is 9.98. The molecule has 3 heterocycles. The third-order valence-corrected chi connectivity index (χ3v) is 6.07. The monoisotopic (exact) mass is 432 g/mol. The summed E-state index contributed by atoms with van der Waals surface area (Å²) in [4.78, 5) is 20.4. The van der Waals surface area contributed by atoms with Crippen molar-refractivity contribution in [3.63, 3.8) is 0 Å². The number of hydrogen-bond donors (Lipinski definition) is 1. The highest BCUT2D eigenvalue weighted by Crippen LogP contribution is 2.45. The third-order valence-electron chi connectivity index (χ3n) is 4.77. The molecule has 2 aliphatic heterocycles. The molecule has 10 heteroatoms. The fourth-order valence-electron chi connectivity index (χ4n) is 3.87. The smallest absolute Gasteiger partial charge is 0.404 e. The first-order chi connectivity index (χ1) is 11.9. The standard InChI is InChI=1S/C15H12BrClF2N4O2/c16-10-7(17)4-6-12(11(10)18)21-14(19)22-13(6)23-5-1-2-8(23)9(3-5)25-15(20)24/h4-5,8-9H,1-3H2,(H2,20,24). The van der Waals surface area contributed by atoms with Crippen LogP contribution in [-0.2, 0) is 4.74 Å². The van der Waals surface area contributed by atoms with Crippen molar-refractivity contribution in [1.82, 2.24) is 9.97 Å². The number of carbonyl (C=O) groups is 1. The molecule has 2 bridgehead atoms. The summed E-state index contributed by atoms with van der Waals surface area (Å²) in [5.74, 6) is -0.500. The molecule has 132 valence electrons. The van der Waals surface area contributed by atoms with Gasteiger partial charge in [-0.15, -0.1) is 0 Å². The van der Waals surface area contributed by atoms with Crippen LogP contribution < -0.4 is 10.6 Å². The Kier molecular flexibility index (Phi) is 3.95. The lowest BCUT2D eigenvalue weighted by Crippen LogP contribution is -2.36. The van der Waals surface area contributed by atoms with E-state index in [1.807, 2.05) is 4.90 Å². The van der Waals surface area contributed by atoms with Crippen molar-refractivity contribution in [1.29, 1.82) is 0 Å². The summed E-state index contributed by atoms with van der Waals surface area (Å²) in [5, 5.41) is 0.446. The summed E-state index contributed by atoms with van der Waals surface area (Å²) in [5.41, 5.74) is 4.97. The zero-order chi connectivity index (χ0) is 17.9. The van der Waals surface area contributed by atoms with Gasteiger partial charge in [0.15, 0.2) is 5.82 Å². The van der Waals surface area contributed by atoms with Gasteiger partial charge in [0.25, 0.3) is 0 Å². The minimum Gasteiger partial charge on any atom is -0.444 e. The lowest BCUT2D eigenvalue weighted by molar-refractivity contribution is 0.0925. The van der Waals surface area contributed by atoms with Crippen molar-refractivity contribution >= 4 is 50.3 Å². The van der Waals surface area contributed by atoms with Crippen LogP contribution in [0.1, 0.15) is 19.3 Å². The van der Waals surface area contributed by atoms with E-state index in [1.165, 1.54) is 6.07 Å². The van der Waals surface area contributed by atoms with E-state index in [0.717, 1.165) is 12.8 Å². The molecule has 3 atom stereocenters. The molecule has 2 fully saturated rings. The topological polar surface area (TPSA) is 81.3 Å². The van der Waals surface area contributed by atoms with E-state index in [9.17, 15) is 13.6 Å². The predicted octanol–water partition coefficient (Wildman–Crippen LogP) is 3.53. The van der Waals surface area contributed by atoms with Crippen molar-refractivity contribution in [2.24, 2.45) is 5.73 Å². The first kappa shape index (κ1) is 16.7. The van der Waals surface area contributed by atoms with E-state index >= 15 is 0 Å². The molecule has 4 rings (SSSR count). The number of anilines is 1. The number of hydrogen-bond acceptors (Lipinski definition) is 5. The molecule has 2 aliphatic rings. The number of ether oxygens (including phenoxy) is 1. The molecule has 3 unspecified atom stereocenters. The van der Waals surface area contributed by atoms with Gasteiger partial charge in [0, 0.05) is 17.8 Å². The van der Waals surface area contributed by atoms with Crippen LogP contribution in [-0.4, -0.2) is 34.2 Å². The molecule has 25 heavy (non-hydrogen) atoms. The van der Waals surface area contributed by atoms with Gasteiger partial charge in [-0.05, 0) is 34.8 Å². The zero-order valence-electron chi connectivity index (χ0n) is 12.7. The number of benzene rings is 1. The molecule has 6 nitrogen and oxygen atoms in total. The summed E-state index contributed by atoms with van der Waals surface area (Å²) in [6.45, 7) is 0. The summed E-state index contributed by atoms with van der Waals surface area (Å²) in [6, 6.07) is 1.30. The van der Waals surface area contributed by atoms with E-state index in [0.29, 0.717) is 11.8 Å². The largest absolute Gasteiger partial charge is 0.444 e. The van der Waals surface area contributed by atoms with E-state index in [4.69, 9.17) is 22.1 Å². The number of halogens is 4. The Morgan fingerprint density at radius 3 is 2.88 bits per heavy atom. The maximum atomic E-state index is 14.5. The van der Waals surface area contributed by atoms with Crippen molar-refractivity contribution in [2.45, 2.75) is 37.5 Å². The number of aromatic nitrogens is 2. The quantitative estimate of drug-likeness (QED) is 0.579. The van der Waals surface area contributed by atoms with Crippen LogP contribution in [0.2, 0.25) is 5.02 Å². The molecule has 1 aromatic carbocycles. The van der Waals surface area contributed by atoms with E-state index < -0.39 is 24.1 Å². The molecule has 0 spiro atoms. The Hall–Kier alpha value is -1.74. The van der Waals surface area contributed by atoms with Gasteiger partial charge in [-0.2, -0.15) is 14.4 Å². The summed E-state index contributed by atoms with van der Waals surface area (Å²) in [6.07, 6.45) is -0.150. The first-order valence-electron chi connectivity index (χ1n) is 7.62. The maximum Gasteiger partial charge on any atom is 0.404 e. The Morgan fingerprint density at radius 2 is 2.16 bits per heavy atom.